The lowest BCUT2D eigenvalue weighted by atomic mass is 10.1. The Bertz CT molecular complexity index is 1220. The van der Waals surface area contributed by atoms with Gasteiger partial charge in [0.25, 0.3) is 0 Å². The lowest BCUT2D eigenvalue weighted by Gasteiger charge is -2.22. The van der Waals surface area contributed by atoms with Crippen molar-refractivity contribution in [3.8, 4) is 6.07 Å². The van der Waals surface area contributed by atoms with E-state index >= 15 is 0 Å². The van der Waals surface area contributed by atoms with Gasteiger partial charge in [0.15, 0.2) is 5.13 Å². The van der Waals surface area contributed by atoms with Gasteiger partial charge in [-0.2, -0.15) is 18.4 Å². The predicted molar refractivity (Wildman–Crippen MR) is 123 cm³/mol. The summed E-state index contributed by atoms with van der Waals surface area (Å²) in [5.41, 5.74) is 1.78. The van der Waals surface area contributed by atoms with Gasteiger partial charge in [-0.1, -0.05) is 30.3 Å². The fraction of sp³-hybridized carbons (Fsp3) is 0.167. The normalized spacial score (nSPS) is 11.3. The second-order valence-corrected chi connectivity index (χ2v) is 8.03. The van der Waals surface area contributed by atoms with Gasteiger partial charge in [0.2, 0.25) is 11.8 Å². The first kappa shape index (κ1) is 24.7. The summed E-state index contributed by atoms with van der Waals surface area (Å²) in [6.07, 6.45) is -2.25. The van der Waals surface area contributed by atoms with Gasteiger partial charge in [0.1, 0.15) is 6.54 Å². The second kappa shape index (κ2) is 10.8. The first-order valence-corrected chi connectivity index (χ1v) is 10.9. The summed E-state index contributed by atoms with van der Waals surface area (Å²) in [4.78, 5) is 31.1. The van der Waals surface area contributed by atoms with Gasteiger partial charge < -0.3 is 4.90 Å². The zero-order chi connectivity index (χ0) is 24.7. The lowest BCUT2D eigenvalue weighted by Crippen LogP contribution is -2.37. The lowest BCUT2D eigenvalue weighted by molar-refractivity contribution is -0.159. The maximum atomic E-state index is 13.1. The Hall–Kier alpha value is -3.97. The minimum Gasteiger partial charge on any atom is -0.326 e. The Labute approximate surface area is 198 Å². The highest BCUT2D eigenvalue weighted by atomic mass is 32.1. The fourth-order valence-electron chi connectivity index (χ4n) is 3.05. The molecule has 1 heterocycles. The Morgan fingerprint density at radius 2 is 1.79 bits per heavy atom. The van der Waals surface area contributed by atoms with E-state index in [0.29, 0.717) is 32.5 Å². The van der Waals surface area contributed by atoms with Gasteiger partial charge in [-0.05, 0) is 35.9 Å². The van der Waals surface area contributed by atoms with Crippen molar-refractivity contribution < 1.29 is 22.8 Å². The van der Waals surface area contributed by atoms with E-state index in [1.54, 1.807) is 29.6 Å². The number of thiazole rings is 1. The molecule has 10 heteroatoms. The molecule has 0 aliphatic carbocycles. The molecule has 1 aromatic heterocycles. The van der Waals surface area contributed by atoms with Crippen LogP contribution in [0.25, 0.3) is 6.08 Å². The highest BCUT2D eigenvalue weighted by molar-refractivity contribution is 7.14. The van der Waals surface area contributed by atoms with E-state index in [-0.39, 0.29) is 12.5 Å². The van der Waals surface area contributed by atoms with Crippen LogP contribution in [0.3, 0.4) is 0 Å². The minimum atomic E-state index is -4.58. The fourth-order valence-corrected chi connectivity index (χ4v) is 3.91. The van der Waals surface area contributed by atoms with E-state index in [9.17, 15) is 22.8 Å². The molecule has 3 rings (SSSR count). The third-order valence-electron chi connectivity index (χ3n) is 4.57. The van der Waals surface area contributed by atoms with E-state index in [4.69, 9.17) is 5.26 Å². The average molecular weight is 485 g/mol. The molecule has 174 valence electrons. The number of carbonyl (C=O) groups excluding carboxylic acids is 2. The van der Waals surface area contributed by atoms with E-state index < -0.39 is 18.6 Å². The summed E-state index contributed by atoms with van der Waals surface area (Å²) in [6, 6.07) is 16.8. The Morgan fingerprint density at radius 1 is 1.12 bits per heavy atom. The number of alkyl halides is 3. The van der Waals surface area contributed by atoms with Crippen LogP contribution in [0.15, 0.2) is 66.1 Å². The van der Waals surface area contributed by atoms with Gasteiger partial charge in [0, 0.05) is 24.9 Å². The summed E-state index contributed by atoms with van der Waals surface area (Å²) >= 11 is 1.17. The molecule has 0 atom stereocenters. The Morgan fingerprint density at radius 3 is 2.38 bits per heavy atom. The molecule has 0 saturated carbocycles. The maximum absolute atomic E-state index is 13.1. The van der Waals surface area contributed by atoms with Crippen LogP contribution in [-0.2, 0) is 16.1 Å². The van der Waals surface area contributed by atoms with Crippen LogP contribution in [0.1, 0.15) is 23.7 Å². The molecule has 2 amide bonds. The number of anilines is 2. The zero-order valence-corrected chi connectivity index (χ0v) is 18.8. The van der Waals surface area contributed by atoms with Gasteiger partial charge in [-0.25, -0.2) is 4.98 Å². The third kappa shape index (κ3) is 6.76. The monoisotopic (exact) mass is 484 g/mol. The van der Waals surface area contributed by atoms with Crippen LogP contribution in [-0.4, -0.2) is 34.4 Å². The molecular formula is C24H19F3N4O2S. The summed E-state index contributed by atoms with van der Waals surface area (Å²) in [5.74, 6) is -1.10. The second-order valence-electron chi connectivity index (χ2n) is 7.20. The highest BCUT2D eigenvalue weighted by Gasteiger charge is 2.32. The number of nitriles is 1. The van der Waals surface area contributed by atoms with E-state index in [1.165, 1.54) is 53.5 Å². The summed E-state index contributed by atoms with van der Waals surface area (Å²) in [5, 5.41) is 10.8. The number of rotatable bonds is 7. The summed E-state index contributed by atoms with van der Waals surface area (Å²) in [7, 11) is 0. The number of carbonyl (C=O) groups is 2. The molecule has 0 radical (unpaired) electrons. The van der Waals surface area contributed by atoms with Crippen molar-refractivity contribution in [2.75, 3.05) is 11.4 Å². The van der Waals surface area contributed by atoms with Crippen molar-refractivity contribution >= 4 is 40.0 Å². The van der Waals surface area contributed by atoms with Crippen LogP contribution in [0.4, 0.5) is 24.0 Å². The standard InChI is InChI=1S/C24H19F3N4O2S/c1-17(32)31(21-5-3-2-4-6-21)23-29-20(15-34-23)11-12-22(33)30(16-24(25,26)27)14-19-9-7-18(13-28)8-10-19/h2-12,15H,14,16H2,1H3/b12-11+. The number of aromatic nitrogens is 1. The number of hydrogen-bond donors (Lipinski definition) is 0. The number of benzene rings is 2. The first-order chi connectivity index (χ1) is 16.2. The molecular weight excluding hydrogens is 465 g/mol. The van der Waals surface area contributed by atoms with Crippen LogP contribution in [0, 0.1) is 11.3 Å². The molecule has 0 fully saturated rings. The molecule has 0 N–H and O–H groups in total. The minimum absolute atomic E-state index is 0.258. The van der Waals surface area contributed by atoms with E-state index in [2.05, 4.69) is 4.98 Å². The number of hydrogen-bond acceptors (Lipinski definition) is 5. The van der Waals surface area contributed by atoms with E-state index in [0.717, 1.165) is 6.08 Å². The topological polar surface area (TPSA) is 77.3 Å². The van der Waals surface area contributed by atoms with Crippen molar-refractivity contribution in [3.05, 3.63) is 82.9 Å². The predicted octanol–water partition coefficient (Wildman–Crippen LogP) is 5.30. The molecule has 34 heavy (non-hydrogen) atoms. The zero-order valence-electron chi connectivity index (χ0n) is 18.0. The van der Waals surface area contributed by atoms with Crippen molar-refractivity contribution in [2.24, 2.45) is 0 Å². The smallest absolute Gasteiger partial charge is 0.326 e. The summed E-state index contributed by atoms with van der Waals surface area (Å²) < 4.78 is 39.2. The molecule has 0 unspecified atom stereocenters. The van der Waals surface area contributed by atoms with Crippen LogP contribution in [0.5, 0.6) is 0 Å². The van der Waals surface area contributed by atoms with Crippen molar-refractivity contribution in [1.29, 1.82) is 5.26 Å². The molecule has 0 aliphatic rings. The third-order valence-corrected chi connectivity index (χ3v) is 5.41. The van der Waals surface area contributed by atoms with Gasteiger partial charge in [-0.15, -0.1) is 11.3 Å². The molecule has 3 aromatic rings. The molecule has 0 saturated heterocycles. The maximum Gasteiger partial charge on any atom is 0.406 e. The van der Waals surface area contributed by atoms with Crippen LogP contribution in [0.2, 0.25) is 0 Å². The number of nitrogens with zero attached hydrogens (tertiary/aromatic N) is 4. The quantitative estimate of drug-likeness (QED) is 0.426. The largest absolute Gasteiger partial charge is 0.406 e. The van der Waals surface area contributed by atoms with Gasteiger partial charge in [-0.3, -0.25) is 14.5 Å². The molecule has 0 bridgehead atoms. The van der Waals surface area contributed by atoms with E-state index in [1.807, 2.05) is 12.1 Å². The Balaban J connectivity index is 1.77. The van der Waals surface area contributed by atoms with Gasteiger partial charge in [0.05, 0.1) is 23.0 Å². The Kier molecular flexibility index (Phi) is 7.81. The molecule has 0 spiro atoms. The number of amides is 2. The highest BCUT2D eigenvalue weighted by Crippen LogP contribution is 2.29. The first-order valence-electron chi connectivity index (χ1n) is 10.0. The van der Waals surface area contributed by atoms with Crippen molar-refractivity contribution in [3.63, 3.8) is 0 Å². The number of para-hydroxylation sites is 1. The molecule has 2 aromatic carbocycles. The van der Waals surface area contributed by atoms with Gasteiger partial charge >= 0.3 is 6.18 Å². The summed E-state index contributed by atoms with van der Waals surface area (Å²) in [6.45, 7) is -0.306. The molecule has 0 aliphatic heterocycles. The SMILES string of the molecule is CC(=O)N(c1ccccc1)c1nc(/C=C/C(=O)N(Cc2ccc(C#N)cc2)CC(F)(F)F)cs1. The molecule has 6 nitrogen and oxygen atoms in total. The van der Waals surface area contributed by atoms with Crippen LogP contribution >= 0.6 is 11.3 Å². The van der Waals surface area contributed by atoms with Crippen molar-refractivity contribution in [1.82, 2.24) is 9.88 Å². The van der Waals surface area contributed by atoms with Crippen molar-refractivity contribution in [2.45, 2.75) is 19.6 Å². The average Bonchev–Trinajstić information content (AvgIpc) is 3.25. The van der Waals surface area contributed by atoms with Crippen LogP contribution < -0.4 is 4.90 Å². The number of halogens is 3.